The number of allylic oxidation sites excluding steroid dienone is 11. The molecule has 0 aliphatic carbocycles. The molecule has 37 heavy (non-hydrogen) atoms. The van der Waals surface area contributed by atoms with Gasteiger partial charge in [-0.15, -0.1) is 0 Å². The van der Waals surface area contributed by atoms with Crippen LogP contribution in [-0.4, -0.2) is 0 Å². The maximum Gasteiger partial charge on any atom is 0.0143 e. The number of benzene rings is 1. The molecule has 0 fully saturated rings. The number of hydrogen-bond acceptors (Lipinski definition) is 0. The van der Waals surface area contributed by atoms with Gasteiger partial charge in [-0.05, 0) is 104 Å². The number of hydrogen-bond donors (Lipinski definition) is 0. The Balaban J connectivity index is 0.00000631. The first-order valence-electron chi connectivity index (χ1n) is 14.3. The lowest BCUT2D eigenvalue weighted by atomic mass is 9.76. The van der Waals surface area contributed by atoms with Gasteiger partial charge >= 0.3 is 0 Å². The minimum absolute atomic E-state index is 0.105. The molecule has 0 atom stereocenters. The van der Waals surface area contributed by atoms with Gasteiger partial charge in [0.2, 0.25) is 0 Å². The molecular formula is C37H58. The highest BCUT2D eigenvalue weighted by Crippen LogP contribution is 2.34. The molecule has 0 amide bonds. The second-order valence-corrected chi connectivity index (χ2v) is 11.9. The molecule has 0 radical (unpaired) electrons. The van der Waals surface area contributed by atoms with Crippen LogP contribution in [0.15, 0.2) is 94.2 Å². The van der Waals surface area contributed by atoms with Gasteiger partial charge in [-0.2, -0.15) is 0 Å². The molecule has 0 unspecified atom stereocenters. The van der Waals surface area contributed by atoms with E-state index in [1.807, 2.05) is 13.8 Å². The Bertz CT molecular complexity index is 1040. The summed E-state index contributed by atoms with van der Waals surface area (Å²) in [7, 11) is 0. The van der Waals surface area contributed by atoms with Gasteiger partial charge in [0.1, 0.15) is 0 Å². The SMILES string of the molecule is C=C(/C=C/C(CC)=C(C)/C(=C\C(C)=C(C)\C=C(/C)CC(C)(C)C)CC)C(C)(C)c1ccccc1C.CC. The molecular weight excluding hydrogens is 444 g/mol. The molecule has 0 aliphatic heterocycles. The fourth-order valence-electron chi connectivity index (χ4n) is 4.79. The third-order valence-electron chi connectivity index (χ3n) is 7.12. The normalized spacial score (nSPS) is 14.6. The van der Waals surface area contributed by atoms with Crippen LogP contribution in [0.3, 0.4) is 0 Å². The third-order valence-corrected chi connectivity index (χ3v) is 7.12. The molecule has 0 aromatic heterocycles. The number of aryl methyl sites for hydroxylation is 1. The van der Waals surface area contributed by atoms with Gasteiger partial charge in [0.15, 0.2) is 0 Å². The first-order chi connectivity index (χ1) is 17.1. The lowest BCUT2D eigenvalue weighted by molar-refractivity contribution is 0.409. The summed E-state index contributed by atoms with van der Waals surface area (Å²) in [6.07, 6.45) is 12.4. The second-order valence-electron chi connectivity index (χ2n) is 11.9. The molecule has 1 aromatic rings. The largest absolute Gasteiger partial charge is 0.0949 e. The molecule has 0 saturated carbocycles. The van der Waals surface area contributed by atoms with Gasteiger partial charge in [0.05, 0.1) is 0 Å². The monoisotopic (exact) mass is 502 g/mol. The zero-order chi connectivity index (χ0) is 29.0. The minimum atomic E-state index is -0.105. The lowest BCUT2D eigenvalue weighted by Gasteiger charge is -2.28. The fourth-order valence-corrected chi connectivity index (χ4v) is 4.79. The molecule has 1 rings (SSSR count). The molecule has 0 bridgehead atoms. The molecule has 0 heterocycles. The summed E-state index contributed by atoms with van der Waals surface area (Å²) >= 11 is 0. The first kappa shape index (κ1) is 34.7. The standard InChI is InChI=1S/C35H52.C2H6/c1-14-31(21-20-29(7)35(12,13)33-19-17-16-18-26(33)4)30(8)32(15-2)23-28(6)27(5)22-25(3)24-34(9,10)11;1-2/h16-23H,7,14-15,24H2,1-6,8-13H3;1-2H3/b21-20+,25-22+,28-27+,31-30+,32-23-;. The van der Waals surface area contributed by atoms with E-state index in [0.717, 1.165) is 24.8 Å². The van der Waals surface area contributed by atoms with Crippen molar-refractivity contribution in [1.82, 2.24) is 0 Å². The van der Waals surface area contributed by atoms with E-state index in [9.17, 15) is 0 Å². The lowest BCUT2D eigenvalue weighted by Crippen LogP contribution is -2.20. The van der Waals surface area contributed by atoms with Crippen molar-refractivity contribution in [3.05, 3.63) is 105 Å². The quantitative estimate of drug-likeness (QED) is 0.279. The van der Waals surface area contributed by atoms with Crippen molar-refractivity contribution < 1.29 is 0 Å². The van der Waals surface area contributed by atoms with Crippen molar-refractivity contribution in [3.63, 3.8) is 0 Å². The molecule has 1 aromatic carbocycles. The Hall–Kier alpha value is -2.34. The van der Waals surface area contributed by atoms with Crippen LogP contribution in [0.5, 0.6) is 0 Å². The van der Waals surface area contributed by atoms with Crippen molar-refractivity contribution in [1.29, 1.82) is 0 Å². The summed E-state index contributed by atoms with van der Waals surface area (Å²) in [5, 5.41) is 0. The van der Waals surface area contributed by atoms with Crippen LogP contribution in [0.1, 0.15) is 120 Å². The Morgan fingerprint density at radius 1 is 0.811 bits per heavy atom. The second kappa shape index (κ2) is 15.8. The highest BCUT2D eigenvalue weighted by molar-refractivity contribution is 5.47. The summed E-state index contributed by atoms with van der Waals surface area (Å²) in [6, 6.07) is 8.64. The Morgan fingerprint density at radius 3 is 1.84 bits per heavy atom. The summed E-state index contributed by atoms with van der Waals surface area (Å²) in [4.78, 5) is 0. The van der Waals surface area contributed by atoms with Crippen molar-refractivity contribution in [3.8, 4) is 0 Å². The van der Waals surface area contributed by atoms with Crippen LogP contribution >= 0.6 is 0 Å². The molecule has 206 valence electrons. The van der Waals surface area contributed by atoms with Gasteiger partial charge < -0.3 is 0 Å². The molecule has 0 heteroatoms. The van der Waals surface area contributed by atoms with Gasteiger partial charge in [-0.1, -0.05) is 123 Å². The summed E-state index contributed by atoms with van der Waals surface area (Å²) < 4.78 is 0. The third kappa shape index (κ3) is 11.3. The topological polar surface area (TPSA) is 0 Å². The molecule has 0 nitrogen and oxygen atoms in total. The summed E-state index contributed by atoms with van der Waals surface area (Å²) in [5.74, 6) is 0. The average Bonchev–Trinajstić information content (AvgIpc) is 2.82. The van der Waals surface area contributed by atoms with Crippen LogP contribution in [0.4, 0.5) is 0 Å². The van der Waals surface area contributed by atoms with Crippen LogP contribution in [-0.2, 0) is 5.41 Å². The summed E-state index contributed by atoms with van der Waals surface area (Å²) in [5.41, 5.74) is 12.3. The number of rotatable bonds is 10. The predicted molar refractivity (Wildman–Crippen MR) is 171 cm³/mol. The average molecular weight is 503 g/mol. The molecule has 0 spiro atoms. The highest BCUT2D eigenvalue weighted by Gasteiger charge is 2.24. The van der Waals surface area contributed by atoms with E-state index in [2.05, 4.69) is 138 Å². The van der Waals surface area contributed by atoms with Gasteiger partial charge in [0.25, 0.3) is 0 Å². The van der Waals surface area contributed by atoms with E-state index in [1.54, 1.807) is 0 Å². The Morgan fingerprint density at radius 2 is 1.35 bits per heavy atom. The van der Waals surface area contributed by atoms with Gasteiger partial charge in [0, 0.05) is 5.41 Å². The maximum absolute atomic E-state index is 4.46. The van der Waals surface area contributed by atoms with E-state index < -0.39 is 0 Å². The molecule has 0 N–H and O–H groups in total. The van der Waals surface area contributed by atoms with E-state index in [0.29, 0.717) is 5.41 Å². The minimum Gasteiger partial charge on any atom is -0.0949 e. The van der Waals surface area contributed by atoms with Crippen LogP contribution in [0.2, 0.25) is 0 Å². The van der Waals surface area contributed by atoms with Crippen LogP contribution in [0.25, 0.3) is 0 Å². The summed E-state index contributed by atoms with van der Waals surface area (Å²) in [6.45, 7) is 35.6. The van der Waals surface area contributed by atoms with Gasteiger partial charge in [-0.25, -0.2) is 0 Å². The van der Waals surface area contributed by atoms with Crippen molar-refractivity contribution in [2.45, 2.75) is 122 Å². The van der Waals surface area contributed by atoms with Crippen molar-refractivity contribution in [2.24, 2.45) is 5.41 Å². The smallest absolute Gasteiger partial charge is 0.0143 e. The zero-order valence-corrected chi connectivity index (χ0v) is 26.9. The maximum atomic E-state index is 4.46. The fraction of sp³-hybridized carbons (Fsp3) is 0.514. The van der Waals surface area contributed by atoms with E-state index in [1.165, 1.54) is 44.6 Å². The zero-order valence-electron chi connectivity index (χ0n) is 26.9. The molecule has 0 saturated heterocycles. The van der Waals surface area contributed by atoms with Crippen LogP contribution < -0.4 is 0 Å². The van der Waals surface area contributed by atoms with Gasteiger partial charge in [-0.3, -0.25) is 0 Å². The first-order valence-corrected chi connectivity index (χ1v) is 14.3. The van der Waals surface area contributed by atoms with Crippen molar-refractivity contribution >= 4 is 0 Å². The highest BCUT2D eigenvalue weighted by atomic mass is 14.3. The van der Waals surface area contributed by atoms with Crippen LogP contribution in [0, 0.1) is 12.3 Å². The van der Waals surface area contributed by atoms with E-state index in [-0.39, 0.29) is 5.41 Å². The van der Waals surface area contributed by atoms with E-state index >= 15 is 0 Å². The van der Waals surface area contributed by atoms with E-state index in [4.69, 9.17) is 0 Å². The predicted octanol–water partition coefficient (Wildman–Crippen LogP) is 12.2. The Kier molecular flexibility index (Phi) is 14.8. The molecule has 0 aliphatic rings. The Labute approximate surface area is 232 Å². The van der Waals surface area contributed by atoms with Crippen molar-refractivity contribution in [2.75, 3.05) is 0 Å².